The second-order valence-corrected chi connectivity index (χ2v) is 4.80. The number of likely N-dealkylation sites (tertiary alicyclic amines) is 1. The summed E-state index contributed by atoms with van der Waals surface area (Å²) in [5, 5.41) is 2.94. The molecule has 0 saturated carbocycles. The summed E-state index contributed by atoms with van der Waals surface area (Å²) in [6, 6.07) is 3.91. The van der Waals surface area contributed by atoms with Gasteiger partial charge in [-0.2, -0.15) is 0 Å². The Bertz CT molecular complexity index is 496. The lowest BCUT2D eigenvalue weighted by Crippen LogP contribution is -2.35. The Hall–Kier alpha value is -1.91. The maximum Gasteiger partial charge on any atom is 0.252 e. The summed E-state index contributed by atoms with van der Waals surface area (Å²) in [5.41, 5.74) is 1.30. The highest BCUT2D eigenvalue weighted by molar-refractivity contribution is 6.06. The second-order valence-electron chi connectivity index (χ2n) is 4.80. The molecule has 1 aromatic rings. The maximum absolute atomic E-state index is 13.3. The van der Waals surface area contributed by atoms with E-state index in [4.69, 9.17) is 0 Å². The molecule has 1 fully saturated rings. The zero-order valence-electron chi connectivity index (χ0n) is 11.1. The Balaban J connectivity index is 2.12. The van der Waals surface area contributed by atoms with Gasteiger partial charge < -0.3 is 5.32 Å². The zero-order chi connectivity index (χ0) is 14.0. The molecule has 19 heavy (non-hydrogen) atoms. The molecular formula is C14H17FN2O2. The second kappa shape index (κ2) is 5.38. The van der Waals surface area contributed by atoms with E-state index in [9.17, 15) is 14.0 Å². The molecular weight excluding hydrogens is 247 g/mol. The first kappa shape index (κ1) is 13.5. The molecule has 1 atom stereocenters. The molecule has 2 rings (SSSR count). The third-order valence-corrected chi connectivity index (χ3v) is 3.07. The Labute approximate surface area is 111 Å². The molecule has 1 aromatic carbocycles. The van der Waals surface area contributed by atoms with Crippen LogP contribution in [0.3, 0.4) is 0 Å². The zero-order valence-corrected chi connectivity index (χ0v) is 11.1. The Morgan fingerprint density at radius 2 is 2.11 bits per heavy atom. The fraction of sp³-hybridized carbons (Fsp3) is 0.429. The maximum atomic E-state index is 13.3. The van der Waals surface area contributed by atoms with Crippen molar-refractivity contribution in [3.63, 3.8) is 0 Å². The highest BCUT2D eigenvalue weighted by Crippen LogP contribution is 2.20. The van der Waals surface area contributed by atoms with Gasteiger partial charge in [0.2, 0.25) is 5.91 Å². The smallest absolute Gasteiger partial charge is 0.252 e. The molecule has 2 amide bonds. The number of nitrogens with zero attached hydrogens (tertiary/aromatic N) is 1. The summed E-state index contributed by atoms with van der Waals surface area (Å²) in [6.45, 7) is 4.13. The minimum Gasteiger partial charge on any atom is -0.373 e. The number of hydrogen-bond donors (Lipinski definition) is 1. The van der Waals surface area contributed by atoms with Crippen molar-refractivity contribution in [2.45, 2.75) is 32.7 Å². The highest BCUT2D eigenvalue weighted by Gasteiger charge is 2.37. The molecule has 102 valence electrons. The van der Waals surface area contributed by atoms with Crippen molar-refractivity contribution in [2.24, 2.45) is 0 Å². The van der Waals surface area contributed by atoms with Crippen molar-refractivity contribution in [3.05, 3.63) is 29.6 Å². The van der Waals surface area contributed by atoms with Crippen molar-refractivity contribution in [1.82, 2.24) is 4.90 Å². The van der Waals surface area contributed by atoms with Crippen LogP contribution in [0, 0.1) is 12.7 Å². The van der Waals surface area contributed by atoms with Crippen LogP contribution in [-0.2, 0) is 9.59 Å². The topological polar surface area (TPSA) is 49.4 Å². The van der Waals surface area contributed by atoms with Gasteiger partial charge in [-0.25, -0.2) is 4.39 Å². The molecule has 4 nitrogen and oxygen atoms in total. The molecule has 0 aromatic heterocycles. The summed E-state index contributed by atoms with van der Waals surface area (Å²) in [7, 11) is 0. The van der Waals surface area contributed by atoms with E-state index in [0.717, 1.165) is 12.0 Å². The number of carbonyl (C=O) groups is 2. The molecule has 5 heteroatoms. The predicted octanol–water partition coefficient (Wildman–Crippen LogP) is 2.08. The molecule has 1 N–H and O–H groups in total. The van der Waals surface area contributed by atoms with Crippen LogP contribution in [0.25, 0.3) is 0 Å². The van der Waals surface area contributed by atoms with Gasteiger partial charge in [0.1, 0.15) is 11.9 Å². The summed E-state index contributed by atoms with van der Waals surface area (Å²) < 4.78 is 13.3. The average Bonchev–Trinajstić information content (AvgIpc) is 2.56. The van der Waals surface area contributed by atoms with E-state index in [-0.39, 0.29) is 24.1 Å². The Kier molecular flexibility index (Phi) is 3.83. The quantitative estimate of drug-likeness (QED) is 0.847. The number of aryl methyl sites for hydroxylation is 1. The number of anilines is 1. The summed E-state index contributed by atoms with van der Waals surface area (Å²) in [4.78, 5) is 25.0. The number of halogens is 1. The van der Waals surface area contributed by atoms with Crippen LogP contribution in [0.2, 0.25) is 0 Å². The first-order chi connectivity index (χ1) is 9.01. The largest absolute Gasteiger partial charge is 0.373 e. The number of rotatable bonds is 4. The lowest BCUT2D eigenvalue weighted by Gasteiger charge is -2.15. The highest BCUT2D eigenvalue weighted by atomic mass is 19.1. The molecule has 1 heterocycles. The normalized spacial score (nSPS) is 19.1. The molecule has 1 aliphatic rings. The number of benzene rings is 1. The molecule has 1 unspecified atom stereocenters. The molecule has 1 aliphatic heterocycles. The van der Waals surface area contributed by atoms with E-state index in [1.54, 1.807) is 13.0 Å². The van der Waals surface area contributed by atoms with Crippen LogP contribution in [0.1, 0.15) is 25.3 Å². The average molecular weight is 264 g/mol. The Morgan fingerprint density at radius 3 is 2.74 bits per heavy atom. The van der Waals surface area contributed by atoms with E-state index >= 15 is 0 Å². The minimum atomic E-state index is -0.583. The fourth-order valence-electron chi connectivity index (χ4n) is 2.28. The van der Waals surface area contributed by atoms with Crippen molar-refractivity contribution < 1.29 is 14.0 Å². The molecule has 1 saturated heterocycles. The first-order valence-electron chi connectivity index (χ1n) is 6.39. The number of hydrogen-bond acceptors (Lipinski definition) is 3. The van der Waals surface area contributed by atoms with E-state index in [1.807, 2.05) is 6.92 Å². The SMILES string of the molecule is CCCN1C(=O)CC(Nc2cc(C)cc(F)c2)C1=O. The van der Waals surface area contributed by atoms with Gasteiger partial charge in [0, 0.05) is 12.2 Å². The lowest BCUT2D eigenvalue weighted by atomic mass is 10.2. The van der Waals surface area contributed by atoms with Gasteiger partial charge in [0.05, 0.1) is 6.42 Å². The van der Waals surface area contributed by atoms with E-state index in [0.29, 0.717) is 12.2 Å². The van der Waals surface area contributed by atoms with Crippen LogP contribution in [-0.4, -0.2) is 29.3 Å². The van der Waals surface area contributed by atoms with Gasteiger partial charge in [-0.1, -0.05) is 6.92 Å². The fourth-order valence-corrected chi connectivity index (χ4v) is 2.28. The summed E-state index contributed by atoms with van der Waals surface area (Å²) >= 11 is 0. The van der Waals surface area contributed by atoms with Gasteiger partial charge in [-0.15, -0.1) is 0 Å². The van der Waals surface area contributed by atoms with Crippen molar-refractivity contribution >= 4 is 17.5 Å². The van der Waals surface area contributed by atoms with E-state index < -0.39 is 6.04 Å². The number of imide groups is 1. The van der Waals surface area contributed by atoms with Crippen LogP contribution < -0.4 is 5.32 Å². The third kappa shape index (κ3) is 2.92. The van der Waals surface area contributed by atoms with Crippen LogP contribution >= 0.6 is 0 Å². The number of amides is 2. The van der Waals surface area contributed by atoms with Gasteiger partial charge in [-0.05, 0) is 37.1 Å². The van der Waals surface area contributed by atoms with Gasteiger partial charge >= 0.3 is 0 Å². The minimum absolute atomic E-state index is 0.133. The van der Waals surface area contributed by atoms with E-state index in [1.165, 1.54) is 17.0 Å². The van der Waals surface area contributed by atoms with Gasteiger partial charge in [-0.3, -0.25) is 14.5 Å². The summed E-state index contributed by atoms with van der Waals surface area (Å²) in [6.07, 6.45) is 0.873. The third-order valence-electron chi connectivity index (χ3n) is 3.07. The number of nitrogens with one attached hydrogen (secondary N) is 1. The van der Waals surface area contributed by atoms with Crippen molar-refractivity contribution in [3.8, 4) is 0 Å². The Morgan fingerprint density at radius 1 is 1.37 bits per heavy atom. The first-order valence-corrected chi connectivity index (χ1v) is 6.39. The van der Waals surface area contributed by atoms with Crippen LogP contribution in [0.15, 0.2) is 18.2 Å². The van der Waals surface area contributed by atoms with Crippen LogP contribution in [0.5, 0.6) is 0 Å². The monoisotopic (exact) mass is 264 g/mol. The van der Waals surface area contributed by atoms with E-state index in [2.05, 4.69) is 5.32 Å². The van der Waals surface area contributed by atoms with Crippen LogP contribution in [0.4, 0.5) is 10.1 Å². The standard InChI is InChI=1S/C14H17FN2O2/c1-3-4-17-13(18)8-12(14(17)19)16-11-6-9(2)5-10(15)7-11/h5-7,12,16H,3-4,8H2,1-2H3. The summed E-state index contributed by atoms with van der Waals surface area (Å²) in [5.74, 6) is -0.754. The van der Waals surface area contributed by atoms with Gasteiger partial charge in [0.15, 0.2) is 0 Å². The van der Waals surface area contributed by atoms with Crippen molar-refractivity contribution in [1.29, 1.82) is 0 Å². The molecule has 0 aliphatic carbocycles. The molecule has 0 bridgehead atoms. The predicted molar refractivity (Wildman–Crippen MR) is 70.2 cm³/mol. The van der Waals surface area contributed by atoms with Crippen molar-refractivity contribution in [2.75, 3.05) is 11.9 Å². The lowest BCUT2D eigenvalue weighted by molar-refractivity contribution is -0.138. The number of carbonyl (C=O) groups excluding carboxylic acids is 2. The molecule has 0 spiro atoms. The van der Waals surface area contributed by atoms with Gasteiger partial charge in [0.25, 0.3) is 5.91 Å². The molecule has 0 radical (unpaired) electrons.